The molecule has 1 atom stereocenters. The van der Waals surface area contributed by atoms with Gasteiger partial charge in [0.1, 0.15) is 5.75 Å². The first-order valence-corrected chi connectivity index (χ1v) is 7.69. The van der Waals surface area contributed by atoms with Crippen LogP contribution in [0, 0.1) is 0 Å². The summed E-state index contributed by atoms with van der Waals surface area (Å²) in [5.74, 6) is 0.577. The summed E-state index contributed by atoms with van der Waals surface area (Å²) >= 11 is 0. The highest BCUT2D eigenvalue weighted by Crippen LogP contribution is 2.21. The lowest BCUT2D eigenvalue weighted by atomic mass is 10.1. The fourth-order valence-electron chi connectivity index (χ4n) is 2.43. The minimum Gasteiger partial charge on any atom is -0.481 e. The van der Waals surface area contributed by atoms with E-state index >= 15 is 0 Å². The SMILES string of the molecule is C[C@H](Oc1ccc2ccccc2c1)C(=O)NCc1ccccc1. The van der Waals surface area contributed by atoms with E-state index in [-0.39, 0.29) is 5.91 Å². The molecular weight excluding hydrogens is 286 g/mol. The zero-order valence-corrected chi connectivity index (χ0v) is 13.0. The van der Waals surface area contributed by atoms with Crippen molar-refractivity contribution in [1.29, 1.82) is 0 Å². The number of rotatable bonds is 5. The molecule has 3 nitrogen and oxygen atoms in total. The molecule has 0 aliphatic carbocycles. The molecule has 116 valence electrons. The maximum Gasteiger partial charge on any atom is 0.261 e. The second-order valence-electron chi connectivity index (χ2n) is 5.47. The van der Waals surface area contributed by atoms with Crippen LogP contribution < -0.4 is 10.1 Å². The molecule has 1 amide bonds. The number of nitrogens with one attached hydrogen (secondary N) is 1. The van der Waals surface area contributed by atoms with Gasteiger partial charge in [0.25, 0.3) is 5.91 Å². The van der Waals surface area contributed by atoms with Crippen molar-refractivity contribution in [2.45, 2.75) is 19.6 Å². The molecule has 3 rings (SSSR count). The van der Waals surface area contributed by atoms with Gasteiger partial charge in [-0.2, -0.15) is 0 Å². The monoisotopic (exact) mass is 305 g/mol. The van der Waals surface area contributed by atoms with Gasteiger partial charge in [0.2, 0.25) is 0 Å². The standard InChI is InChI=1S/C20H19NO2/c1-15(20(22)21-14-16-7-3-2-4-8-16)23-19-12-11-17-9-5-6-10-18(17)13-19/h2-13,15H,14H2,1H3,(H,21,22)/t15-/m0/s1. The van der Waals surface area contributed by atoms with E-state index in [1.54, 1.807) is 6.92 Å². The number of hydrogen-bond donors (Lipinski definition) is 1. The second-order valence-corrected chi connectivity index (χ2v) is 5.47. The number of ether oxygens (including phenoxy) is 1. The molecule has 0 fully saturated rings. The highest BCUT2D eigenvalue weighted by molar-refractivity contribution is 5.84. The predicted molar refractivity (Wildman–Crippen MR) is 92.3 cm³/mol. The van der Waals surface area contributed by atoms with Crippen molar-refractivity contribution in [1.82, 2.24) is 5.32 Å². The predicted octanol–water partition coefficient (Wildman–Crippen LogP) is 3.92. The molecule has 0 heterocycles. The van der Waals surface area contributed by atoms with Gasteiger partial charge in [0, 0.05) is 6.54 Å². The van der Waals surface area contributed by atoms with Crippen LogP contribution in [0.4, 0.5) is 0 Å². The van der Waals surface area contributed by atoms with Crippen LogP contribution in [0.2, 0.25) is 0 Å². The summed E-state index contributed by atoms with van der Waals surface area (Å²) in [4.78, 5) is 12.1. The minimum absolute atomic E-state index is 0.123. The highest BCUT2D eigenvalue weighted by atomic mass is 16.5. The van der Waals surface area contributed by atoms with E-state index in [2.05, 4.69) is 11.4 Å². The van der Waals surface area contributed by atoms with Crippen molar-refractivity contribution in [3.05, 3.63) is 78.4 Å². The zero-order valence-electron chi connectivity index (χ0n) is 13.0. The van der Waals surface area contributed by atoms with Gasteiger partial charge in [-0.3, -0.25) is 4.79 Å². The molecule has 0 saturated heterocycles. The number of fused-ring (bicyclic) bond motifs is 1. The number of carbonyl (C=O) groups is 1. The topological polar surface area (TPSA) is 38.3 Å². The molecule has 3 aromatic carbocycles. The van der Waals surface area contributed by atoms with Crippen molar-refractivity contribution in [3.63, 3.8) is 0 Å². The maximum atomic E-state index is 12.1. The molecule has 0 aliphatic heterocycles. The molecule has 0 spiro atoms. The Morgan fingerprint density at radius 2 is 1.65 bits per heavy atom. The van der Waals surface area contributed by atoms with Crippen LogP contribution in [0.25, 0.3) is 10.8 Å². The van der Waals surface area contributed by atoms with Crippen LogP contribution >= 0.6 is 0 Å². The van der Waals surface area contributed by atoms with Gasteiger partial charge >= 0.3 is 0 Å². The van der Waals surface area contributed by atoms with Crippen LogP contribution in [0.5, 0.6) is 5.75 Å². The van der Waals surface area contributed by atoms with Crippen molar-refractivity contribution in [3.8, 4) is 5.75 Å². The van der Waals surface area contributed by atoms with Crippen LogP contribution in [-0.4, -0.2) is 12.0 Å². The summed E-state index contributed by atoms with van der Waals surface area (Å²) in [5, 5.41) is 5.14. The largest absolute Gasteiger partial charge is 0.481 e. The zero-order chi connectivity index (χ0) is 16.1. The first kappa shape index (κ1) is 15.1. The summed E-state index contributed by atoms with van der Waals surface area (Å²) in [5.41, 5.74) is 1.07. The molecule has 3 aromatic rings. The Morgan fingerprint density at radius 3 is 2.43 bits per heavy atom. The van der Waals surface area contributed by atoms with Gasteiger partial charge < -0.3 is 10.1 Å². The lowest BCUT2D eigenvalue weighted by Crippen LogP contribution is -2.35. The van der Waals surface area contributed by atoms with E-state index in [1.807, 2.05) is 66.7 Å². The van der Waals surface area contributed by atoms with Gasteiger partial charge in [-0.05, 0) is 35.4 Å². The molecule has 1 N–H and O–H groups in total. The second kappa shape index (κ2) is 6.97. The lowest BCUT2D eigenvalue weighted by molar-refractivity contribution is -0.127. The van der Waals surface area contributed by atoms with Crippen molar-refractivity contribution in [2.24, 2.45) is 0 Å². The summed E-state index contributed by atoms with van der Waals surface area (Å²) in [6.45, 7) is 2.26. The van der Waals surface area contributed by atoms with Gasteiger partial charge in [-0.15, -0.1) is 0 Å². The van der Waals surface area contributed by atoms with Gasteiger partial charge in [-0.1, -0.05) is 60.7 Å². The normalized spacial score (nSPS) is 11.9. The number of benzene rings is 3. The van der Waals surface area contributed by atoms with Crippen LogP contribution in [0.3, 0.4) is 0 Å². The van der Waals surface area contributed by atoms with Crippen LogP contribution in [-0.2, 0) is 11.3 Å². The van der Waals surface area contributed by atoms with Gasteiger partial charge in [-0.25, -0.2) is 0 Å². The third kappa shape index (κ3) is 3.89. The Bertz CT molecular complexity index is 799. The molecule has 0 unspecified atom stereocenters. The molecule has 0 aliphatic rings. The molecule has 3 heteroatoms. The van der Waals surface area contributed by atoms with E-state index < -0.39 is 6.10 Å². The Hall–Kier alpha value is -2.81. The van der Waals surface area contributed by atoms with Crippen molar-refractivity contribution >= 4 is 16.7 Å². The molecule has 0 bridgehead atoms. The lowest BCUT2D eigenvalue weighted by Gasteiger charge is -2.15. The van der Waals surface area contributed by atoms with Crippen LogP contribution in [0.15, 0.2) is 72.8 Å². The Labute approximate surface area is 135 Å². The first-order valence-electron chi connectivity index (χ1n) is 7.69. The van der Waals surface area contributed by atoms with Gasteiger partial charge in [0.15, 0.2) is 6.10 Å². The number of hydrogen-bond acceptors (Lipinski definition) is 2. The highest BCUT2D eigenvalue weighted by Gasteiger charge is 2.14. The third-order valence-corrected chi connectivity index (χ3v) is 3.71. The Balaban J connectivity index is 1.60. The molecule has 0 saturated carbocycles. The first-order chi connectivity index (χ1) is 11.2. The minimum atomic E-state index is -0.542. The Kier molecular flexibility index (Phi) is 4.57. The van der Waals surface area contributed by atoms with E-state index in [1.165, 1.54) is 0 Å². The maximum absolute atomic E-state index is 12.1. The third-order valence-electron chi connectivity index (χ3n) is 3.71. The van der Waals surface area contributed by atoms with E-state index in [9.17, 15) is 4.79 Å². The fraction of sp³-hybridized carbons (Fsp3) is 0.150. The van der Waals surface area contributed by atoms with E-state index in [0.29, 0.717) is 12.3 Å². The van der Waals surface area contributed by atoms with Crippen molar-refractivity contribution < 1.29 is 9.53 Å². The molecule has 0 aromatic heterocycles. The molecule has 0 radical (unpaired) electrons. The molecular formula is C20H19NO2. The van der Waals surface area contributed by atoms with E-state index in [4.69, 9.17) is 4.74 Å². The summed E-state index contributed by atoms with van der Waals surface area (Å²) in [6, 6.07) is 23.7. The fourth-order valence-corrected chi connectivity index (χ4v) is 2.43. The summed E-state index contributed by atoms with van der Waals surface area (Å²) in [7, 11) is 0. The average Bonchev–Trinajstić information content (AvgIpc) is 2.60. The van der Waals surface area contributed by atoms with Gasteiger partial charge in [0.05, 0.1) is 0 Å². The smallest absolute Gasteiger partial charge is 0.261 e. The molecule has 23 heavy (non-hydrogen) atoms. The quantitative estimate of drug-likeness (QED) is 0.776. The van der Waals surface area contributed by atoms with Crippen molar-refractivity contribution in [2.75, 3.05) is 0 Å². The average molecular weight is 305 g/mol. The van der Waals surface area contributed by atoms with E-state index in [0.717, 1.165) is 16.3 Å². The summed E-state index contributed by atoms with van der Waals surface area (Å²) in [6.07, 6.45) is -0.542. The van der Waals surface area contributed by atoms with Crippen LogP contribution in [0.1, 0.15) is 12.5 Å². The summed E-state index contributed by atoms with van der Waals surface area (Å²) < 4.78 is 5.76. The Morgan fingerprint density at radius 1 is 0.957 bits per heavy atom. The number of amides is 1. The number of carbonyl (C=O) groups excluding carboxylic acids is 1.